The molecule has 3 nitrogen and oxygen atoms in total. The van der Waals surface area contributed by atoms with Crippen molar-refractivity contribution in [3.63, 3.8) is 0 Å². The molecule has 0 aliphatic rings. The Morgan fingerprint density at radius 1 is 0.714 bits per heavy atom. The zero-order valence-electron chi connectivity index (χ0n) is 18.5. The summed E-state index contributed by atoms with van der Waals surface area (Å²) in [6.45, 7) is 1.84. The minimum Gasteiger partial charge on any atom is -0.305 e. The van der Waals surface area contributed by atoms with Gasteiger partial charge in [-0.2, -0.15) is 0 Å². The fourth-order valence-corrected chi connectivity index (χ4v) is 3.21. The van der Waals surface area contributed by atoms with Gasteiger partial charge in [0, 0.05) is 44.3 Å². The van der Waals surface area contributed by atoms with Crippen molar-refractivity contribution in [1.29, 1.82) is 0 Å². The Kier molecular flexibility index (Phi) is 9.01. The van der Waals surface area contributed by atoms with Crippen LogP contribution in [0.3, 0.4) is 0 Å². The second-order valence-corrected chi connectivity index (χ2v) is 7.25. The molecule has 3 heterocycles. The van der Waals surface area contributed by atoms with Crippen LogP contribution in [-0.4, -0.2) is 15.0 Å². The van der Waals surface area contributed by atoms with Crippen molar-refractivity contribution < 1.29 is 33.3 Å². The van der Waals surface area contributed by atoms with Gasteiger partial charge in [-0.15, -0.1) is 53.6 Å². The molecule has 0 saturated heterocycles. The van der Waals surface area contributed by atoms with E-state index in [9.17, 15) is 13.2 Å². The quantitative estimate of drug-likeness (QED) is 0.159. The number of rotatable bonds is 3. The number of benzene rings is 2. The number of hydrogen-bond acceptors (Lipinski definition) is 3. The van der Waals surface area contributed by atoms with Gasteiger partial charge in [-0.3, -0.25) is 9.37 Å². The Bertz CT molecular complexity index is 1320. The van der Waals surface area contributed by atoms with Crippen molar-refractivity contribution in [2.75, 3.05) is 0 Å². The molecule has 5 rings (SSSR count). The van der Waals surface area contributed by atoms with E-state index >= 15 is 0 Å². The summed E-state index contributed by atoms with van der Waals surface area (Å²) in [6.07, 6.45) is 5.03. The van der Waals surface area contributed by atoms with E-state index in [0.29, 0.717) is 5.69 Å². The van der Waals surface area contributed by atoms with Crippen LogP contribution in [-0.2, 0) is 20.1 Å². The minimum absolute atomic E-state index is 0. The second kappa shape index (κ2) is 12.2. The van der Waals surface area contributed by atoms with Gasteiger partial charge in [0.1, 0.15) is 5.82 Å². The van der Waals surface area contributed by atoms with Crippen molar-refractivity contribution in [3.8, 4) is 33.8 Å². The molecule has 0 bridgehead atoms. The van der Waals surface area contributed by atoms with Crippen molar-refractivity contribution in [2.24, 2.45) is 0 Å². The zero-order valence-corrected chi connectivity index (χ0v) is 20.9. The Morgan fingerprint density at radius 2 is 1.40 bits per heavy atom. The van der Waals surface area contributed by atoms with Crippen LogP contribution < -0.4 is 0 Å². The topological polar surface area (TPSA) is 38.7 Å². The third-order valence-electron chi connectivity index (χ3n) is 4.90. The third-order valence-corrected chi connectivity index (χ3v) is 4.90. The van der Waals surface area contributed by atoms with Crippen molar-refractivity contribution >= 4 is 0 Å². The summed E-state index contributed by atoms with van der Waals surface area (Å²) >= 11 is 0. The molecule has 0 saturated carbocycles. The fourth-order valence-electron chi connectivity index (χ4n) is 3.21. The Balaban J connectivity index is 0.000000223. The summed E-state index contributed by atoms with van der Waals surface area (Å²) in [6, 6.07) is 27.0. The molecule has 177 valence electrons. The average Bonchev–Trinajstić information content (AvgIpc) is 2.89. The van der Waals surface area contributed by atoms with Gasteiger partial charge in [0.25, 0.3) is 0 Å². The van der Waals surface area contributed by atoms with Crippen LogP contribution in [0.25, 0.3) is 33.8 Å². The molecule has 5 aromatic rings. The molecule has 0 aliphatic carbocycles. The summed E-state index contributed by atoms with van der Waals surface area (Å²) in [5.74, 6) is -4.16. The summed E-state index contributed by atoms with van der Waals surface area (Å²) in [5, 5.41) is 0. The summed E-state index contributed by atoms with van der Waals surface area (Å²) in [7, 11) is 0. The van der Waals surface area contributed by atoms with Crippen molar-refractivity contribution in [2.45, 2.75) is 6.92 Å². The van der Waals surface area contributed by atoms with E-state index in [1.165, 1.54) is 0 Å². The van der Waals surface area contributed by atoms with Gasteiger partial charge >= 0.3 is 0 Å². The maximum absolute atomic E-state index is 13.3. The van der Waals surface area contributed by atoms with E-state index in [-0.39, 0.29) is 25.7 Å². The Morgan fingerprint density at radius 3 is 1.97 bits per heavy atom. The molecule has 2 aromatic carbocycles. The molecule has 0 atom stereocenters. The number of aromatic nitrogens is 3. The molecule has 0 fully saturated rings. The van der Waals surface area contributed by atoms with Crippen molar-refractivity contribution in [1.82, 2.24) is 15.0 Å². The van der Waals surface area contributed by atoms with Crippen LogP contribution in [0.1, 0.15) is 5.56 Å². The smallest absolute Gasteiger partial charge is 0.108 e. The maximum Gasteiger partial charge on any atom is 0.108 e. The van der Waals surface area contributed by atoms with Crippen LogP contribution in [0.4, 0.5) is 13.2 Å². The van der Waals surface area contributed by atoms with E-state index in [1.807, 2.05) is 61.5 Å². The molecular formula is C28H18F3IrN3-2. The predicted molar refractivity (Wildman–Crippen MR) is 125 cm³/mol. The average molecular weight is 646 g/mol. The Hall–Kier alpha value is -3.67. The maximum atomic E-state index is 13.3. The number of nitrogens with zero attached hydrogens (tertiary/aromatic N) is 3. The monoisotopic (exact) mass is 646 g/mol. The molecule has 0 N–H and O–H groups in total. The first-order valence-corrected chi connectivity index (χ1v) is 10.4. The second-order valence-electron chi connectivity index (χ2n) is 7.25. The first kappa shape index (κ1) is 25.9. The van der Waals surface area contributed by atoms with Crippen LogP contribution in [0.2, 0.25) is 0 Å². The van der Waals surface area contributed by atoms with E-state index in [4.69, 9.17) is 0 Å². The summed E-state index contributed by atoms with van der Waals surface area (Å²) in [4.78, 5) is 12.6. The van der Waals surface area contributed by atoms with E-state index in [2.05, 4.69) is 27.1 Å². The number of halogens is 3. The molecule has 7 heteroatoms. The molecule has 0 amide bonds. The number of hydrogen-bond donors (Lipinski definition) is 0. The minimum atomic E-state index is -1.54. The molecule has 0 aliphatic heterocycles. The van der Waals surface area contributed by atoms with E-state index < -0.39 is 17.5 Å². The summed E-state index contributed by atoms with van der Waals surface area (Å²) in [5.41, 5.74) is 4.78. The van der Waals surface area contributed by atoms with Crippen molar-refractivity contribution in [3.05, 3.63) is 127 Å². The third kappa shape index (κ3) is 6.47. The van der Waals surface area contributed by atoms with Gasteiger partial charge in [-0.25, -0.2) is 8.78 Å². The SMILES string of the molecule is Cc1cc(-c2[c-]c(F)c(F)c(F)c2)ncc1-c1ccccn1.[Ir].[c-]1ccccc1-c1ccccn1. The molecule has 35 heavy (non-hydrogen) atoms. The van der Waals surface area contributed by atoms with Gasteiger partial charge in [-0.05, 0) is 42.1 Å². The molecular weight excluding hydrogens is 628 g/mol. The predicted octanol–water partition coefficient (Wildman–Crippen LogP) is 6.88. The molecule has 0 spiro atoms. The summed E-state index contributed by atoms with van der Waals surface area (Å²) < 4.78 is 39.5. The van der Waals surface area contributed by atoms with Crippen LogP contribution in [0, 0.1) is 36.5 Å². The molecule has 3 aromatic heterocycles. The van der Waals surface area contributed by atoms with Gasteiger partial charge in [0.15, 0.2) is 0 Å². The van der Waals surface area contributed by atoms with Gasteiger partial charge in [0.05, 0.1) is 17.3 Å². The van der Waals surface area contributed by atoms with Crippen LogP contribution in [0.5, 0.6) is 0 Å². The van der Waals surface area contributed by atoms with E-state index in [0.717, 1.165) is 34.1 Å². The first-order chi connectivity index (χ1) is 16.5. The van der Waals surface area contributed by atoms with E-state index in [1.54, 1.807) is 30.7 Å². The number of pyridine rings is 3. The first-order valence-electron chi connectivity index (χ1n) is 10.4. The normalized spacial score (nSPS) is 10.1. The molecule has 1 radical (unpaired) electrons. The van der Waals surface area contributed by atoms with Crippen LogP contribution in [0.15, 0.2) is 91.4 Å². The Labute approximate surface area is 215 Å². The largest absolute Gasteiger partial charge is 0.305 e. The molecule has 0 unspecified atom stereocenters. The zero-order chi connectivity index (χ0) is 23.9. The van der Waals surface area contributed by atoms with Gasteiger partial charge in [-0.1, -0.05) is 24.3 Å². The standard InChI is InChI=1S/C17H10F3N2.C11H8N.Ir/c1-10-6-16(11-7-13(18)17(20)14(19)8-11)22-9-12(10)15-4-2-3-5-21-15;1-2-6-10(7-3-1)11-8-4-5-9-12-11;/h2-7,9H,1H3;1-6,8-9H;/q2*-1;. The fraction of sp³-hybridized carbons (Fsp3) is 0.0357. The van der Waals surface area contributed by atoms with Gasteiger partial charge < -0.3 is 9.97 Å². The van der Waals surface area contributed by atoms with Crippen LogP contribution >= 0.6 is 0 Å². The van der Waals surface area contributed by atoms with Gasteiger partial charge in [0.2, 0.25) is 0 Å². The number of aryl methyl sites for hydroxylation is 1.